The Labute approximate surface area is 102 Å². The zero-order valence-electron chi connectivity index (χ0n) is 8.74. The minimum atomic E-state index is -0.178. The van der Waals surface area contributed by atoms with Crippen molar-refractivity contribution in [3.8, 4) is 0 Å². The number of ether oxygens (including phenoxy) is 1. The molecule has 2 N–H and O–H groups in total. The number of hydrogen-bond acceptors (Lipinski definition) is 4. The molecule has 5 nitrogen and oxygen atoms in total. The molecule has 1 amide bonds. The molecule has 1 rings (SSSR count). The first kappa shape index (κ1) is 13.2. The van der Waals surface area contributed by atoms with Crippen LogP contribution in [-0.4, -0.2) is 37.4 Å². The first-order valence-electron chi connectivity index (χ1n) is 4.95. The average Bonchev–Trinajstić information content (AvgIpc) is 2.69. The van der Waals surface area contributed by atoms with E-state index < -0.39 is 0 Å². The van der Waals surface area contributed by atoms with E-state index in [1.165, 1.54) is 6.26 Å². The van der Waals surface area contributed by atoms with Crippen molar-refractivity contribution in [1.82, 2.24) is 5.32 Å². The molecule has 16 heavy (non-hydrogen) atoms. The van der Waals surface area contributed by atoms with Crippen molar-refractivity contribution in [2.45, 2.75) is 6.42 Å². The Kier molecular flexibility index (Phi) is 6.14. The van der Waals surface area contributed by atoms with Crippen molar-refractivity contribution in [3.05, 3.63) is 22.6 Å². The third kappa shape index (κ3) is 4.34. The number of aliphatic hydroxyl groups is 1. The van der Waals surface area contributed by atoms with Crippen molar-refractivity contribution in [1.29, 1.82) is 0 Å². The number of halogens is 1. The molecule has 0 unspecified atom stereocenters. The summed E-state index contributed by atoms with van der Waals surface area (Å²) in [6.45, 7) is 1.41. The Morgan fingerprint density at radius 3 is 3.00 bits per heavy atom. The molecule has 0 saturated carbocycles. The molecular formula is C10H14BrNO4. The van der Waals surface area contributed by atoms with E-state index in [-0.39, 0.29) is 12.5 Å². The van der Waals surface area contributed by atoms with E-state index in [9.17, 15) is 4.79 Å². The zero-order chi connectivity index (χ0) is 11.8. The monoisotopic (exact) mass is 291 g/mol. The lowest BCUT2D eigenvalue weighted by Crippen LogP contribution is -2.25. The van der Waals surface area contributed by atoms with Crippen LogP contribution in [0.15, 0.2) is 21.4 Å². The van der Waals surface area contributed by atoms with E-state index in [2.05, 4.69) is 21.2 Å². The van der Waals surface area contributed by atoms with E-state index in [1.54, 1.807) is 6.07 Å². The molecule has 1 heterocycles. The standard InChI is InChI=1S/C10H14BrNO4/c11-9-8(2-6-16-9)10(14)12-3-1-5-15-7-4-13/h2,6,13H,1,3-5,7H2,(H,12,14). The van der Waals surface area contributed by atoms with Gasteiger partial charge in [0.25, 0.3) is 5.91 Å². The van der Waals surface area contributed by atoms with Crippen molar-refractivity contribution < 1.29 is 19.1 Å². The second-order valence-electron chi connectivity index (χ2n) is 3.05. The number of rotatable bonds is 7. The quantitative estimate of drug-likeness (QED) is 0.740. The highest BCUT2D eigenvalue weighted by Gasteiger charge is 2.11. The zero-order valence-corrected chi connectivity index (χ0v) is 10.3. The van der Waals surface area contributed by atoms with Crippen LogP contribution in [0.3, 0.4) is 0 Å². The maximum Gasteiger partial charge on any atom is 0.255 e. The van der Waals surface area contributed by atoms with Crippen molar-refractivity contribution in [3.63, 3.8) is 0 Å². The fourth-order valence-electron chi connectivity index (χ4n) is 1.09. The van der Waals surface area contributed by atoms with Crippen molar-refractivity contribution in [2.75, 3.05) is 26.4 Å². The second-order valence-corrected chi connectivity index (χ2v) is 3.77. The molecule has 0 saturated heterocycles. The average molecular weight is 292 g/mol. The molecule has 0 radical (unpaired) electrons. The molecule has 0 spiro atoms. The summed E-state index contributed by atoms with van der Waals surface area (Å²) in [7, 11) is 0. The molecule has 0 aliphatic carbocycles. The van der Waals surface area contributed by atoms with Crippen LogP contribution >= 0.6 is 15.9 Å². The molecule has 0 atom stereocenters. The molecule has 1 aromatic heterocycles. The third-order valence-corrected chi connectivity index (χ3v) is 2.46. The summed E-state index contributed by atoms with van der Waals surface area (Å²) in [6, 6.07) is 1.60. The van der Waals surface area contributed by atoms with Gasteiger partial charge in [-0.2, -0.15) is 0 Å². The third-order valence-electron chi connectivity index (χ3n) is 1.85. The lowest BCUT2D eigenvalue weighted by molar-refractivity contribution is 0.0867. The van der Waals surface area contributed by atoms with E-state index >= 15 is 0 Å². The number of aliphatic hydroxyl groups excluding tert-OH is 1. The molecule has 0 aliphatic heterocycles. The topological polar surface area (TPSA) is 71.7 Å². The van der Waals surface area contributed by atoms with Gasteiger partial charge in [0, 0.05) is 13.2 Å². The Morgan fingerprint density at radius 2 is 2.38 bits per heavy atom. The fourth-order valence-corrected chi connectivity index (χ4v) is 1.51. The van der Waals surface area contributed by atoms with Gasteiger partial charge in [0.1, 0.15) is 0 Å². The lowest BCUT2D eigenvalue weighted by atomic mass is 10.3. The van der Waals surface area contributed by atoms with E-state index in [4.69, 9.17) is 14.3 Å². The number of amides is 1. The van der Waals surface area contributed by atoms with Gasteiger partial charge in [-0.3, -0.25) is 4.79 Å². The first-order chi connectivity index (χ1) is 7.75. The van der Waals surface area contributed by atoms with Crippen LogP contribution in [0.5, 0.6) is 0 Å². The largest absolute Gasteiger partial charge is 0.457 e. The van der Waals surface area contributed by atoms with Crippen LogP contribution in [-0.2, 0) is 4.74 Å². The van der Waals surface area contributed by atoms with Gasteiger partial charge in [0.15, 0.2) is 4.67 Å². The molecule has 1 aromatic rings. The summed E-state index contributed by atoms with van der Waals surface area (Å²) in [5.41, 5.74) is 0.483. The van der Waals surface area contributed by atoms with Crippen LogP contribution in [0.1, 0.15) is 16.8 Å². The summed E-state index contributed by atoms with van der Waals surface area (Å²) in [5.74, 6) is -0.178. The van der Waals surface area contributed by atoms with E-state index in [0.29, 0.717) is 36.4 Å². The van der Waals surface area contributed by atoms with E-state index in [1.807, 2.05) is 0 Å². The van der Waals surface area contributed by atoms with E-state index in [0.717, 1.165) is 0 Å². The van der Waals surface area contributed by atoms with Crippen LogP contribution < -0.4 is 5.32 Å². The number of carbonyl (C=O) groups is 1. The summed E-state index contributed by atoms with van der Waals surface area (Å²) in [5, 5.41) is 11.2. The molecule has 0 aliphatic rings. The number of hydrogen-bond donors (Lipinski definition) is 2. The normalized spacial score (nSPS) is 10.4. The molecular weight excluding hydrogens is 278 g/mol. The minimum absolute atomic E-state index is 0.0221. The highest BCUT2D eigenvalue weighted by atomic mass is 79.9. The smallest absolute Gasteiger partial charge is 0.255 e. The predicted molar refractivity (Wildman–Crippen MR) is 61.3 cm³/mol. The number of furan rings is 1. The van der Waals surface area contributed by atoms with Gasteiger partial charge >= 0.3 is 0 Å². The maximum absolute atomic E-state index is 11.5. The summed E-state index contributed by atoms with van der Waals surface area (Å²) >= 11 is 3.13. The Hall–Kier alpha value is -0.850. The van der Waals surface area contributed by atoms with Gasteiger partial charge in [0.05, 0.1) is 25.0 Å². The summed E-state index contributed by atoms with van der Waals surface area (Å²) in [6.07, 6.45) is 2.16. The van der Waals surface area contributed by atoms with Crippen LogP contribution in [0.2, 0.25) is 0 Å². The molecule has 90 valence electrons. The van der Waals surface area contributed by atoms with Gasteiger partial charge in [-0.05, 0) is 28.4 Å². The predicted octanol–water partition coefficient (Wildman–Crippen LogP) is 1.17. The minimum Gasteiger partial charge on any atom is -0.457 e. The Morgan fingerprint density at radius 1 is 1.56 bits per heavy atom. The second kappa shape index (κ2) is 7.43. The van der Waals surface area contributed by atoms with Crippen molar-refractivity contribution >= 4 is 21.8 Å². The number of carbonyl (C=O) groups excluding carboxylic acids is 1. The fraction of sp³-hybridized carbons (Fsp3) is 0.500. The maximum atomic E-state index is 11.5. The van der Waals surface area contributed by atoms with Gasteiger partial charge in [0.2, 0.25) is 0 Å². The summed E-state index contributed by atoms with van der Waals surface area (Å²) < 4.78 is 10.4. The SMILES string of the molecule is O=C(NCCCOCCO)c1ccoc1Br. The van der Waals surface area contributed by atoms with Gasteiger partial charge in [-0.25, -0.2) is 0 Å². The van der Waals surface area contributed by atoms with Crippen molar-refractivity contribution in [2.24, 2.45) is 0 Å². The van der Waals surface area contributed by atoms with Crippen LogP contribution in [0.25, 0.3) is 0 Å². The highest BCUT2D eigenvalue weighted by Crippen LogP contribution is 2.16. The first-order valence-corrected chi connectivity index (χ1v) is 5.75. The lowest BCUT2D eigenvalue weighted by Gasteiger charge is -2.04. The Balaban J connectivity index is 2.14. The number of nitrogens with one attached hydrogen (secondary N) is 1. The molecule has 0 bridgehead atoms. The van der Waals surface area contributed by atoms with Gasteiger partial charge in [-0.15, -0.1) is 0 Å². The highest BCUT2D eigenvalue weighted by molar-refractivity contribution is 9.10. The summed E-state index contributed by atoms with van der Waals surface area (Å²) in [4.78, 5) is 11.5. The van der Waals surface area contributed by atoms with Crippen LogP contribution in [0, 0.1) is 0 Å². The van der Waals surface area contributed by atoms with Gasteiger partial charge in [-0.1, -0.05) is 0 Å². The molecule has 0 aromatic carbocycles. The van der Waals surface area contributed by atoms with Gasteiger partial charge < -0.3 is 19.6 Å². The molecule has 0 fully saturated rings. The van der Waals surface area contributed by atoms with Crippen LogP contribution in [0.4, 0.5) is 0 Å². The molecule has 6 heteroatoms. The Bertz CT molecular complexity index is 326.